The minimum absolute atomic E-state index is 0.144. The van der Waals surface area contributed by atoms with Gasteiger partial charge in [0.25, 0.3) is 0 Å². The number of thiazole rings is 1. The molecule has 0 radical (unpaired) electrons. The van der Waals surface area contributed by atoms with Gasteiger partial charge in [-0.2, -0.15) is 0 Å². The van der Waals surface area contributed by atoms with Crippen molar-refractivity contribution in [2.24, 2.45) is 0 Å². The highest BCUT2D eigenvalue weighted by Crippen LogP contribution is 2.28. The van der Waals surface area contributed by atoms with Crippen LogP contribution in [0.25, 0.3) is 11.3 Å². The maximum Gasteiger partial charge on any atom is 0.317 e. The molecular formula is C17H20ClN3O2S. The second-order valence-electron chi connectivity index (χ2n) is 5.92. The number of amides is 2. The molecule has 0 spiro atoms. The summed E-state index contributed by atoms with van der Waals surface area (Å²) in [6, 6.07) is 7.44. The average Bonchev–Trinajstić information content (AvgIpc) is 2.94. The van der Waals surface area contributed by atoms with Crippen molar-refractivity contribution >= 4 is 29.0 Å². The van der Waals surface area contributed by atoms with Gasteiger partial charge in [0.05, 0.1) is 18.3 Å². The second-order valence-corrected chi connectivity index (χ2v) is 7.64. The zero-order valence-corrected chi connectivity index (χ0v) is 15.0. The molecule has 1 aliphatic rings. The number of aliphatic hydroxyl groups excluding tert-OH is 1. The molecule has 0 bridgehead atoms. The summed E-state index contributed by atoms with van der Waals surface area (Å²) in [5.41, 5.74) is 1.94. The Balaban J connectivity index is 1.63. The molecule has 7 heteroatoms. The van der Waals surface area contributed by atoms with Crippen LogP contribution >= 0.6 is 22.9 Å². The number of hydrogen-bond acceptors (Lipinski definition) is 4. The molecule has 1 aromatic carbocycles. The van der Waals surface area contributed by atoms with Crippen LogP contribution in [0.15, 0.2) is 24.3 Å². The molecule has 3 rings (SSSR count). The lowest BCUT2D eigenvalue weighted by Crippen LogP contribution is -2.46. The Bertz CT molecular complexity index is 717. The highest BCUT2D eigenvalue weighted by molar-refractivity contribution is 7.12. The molecule has 5 nitrogen and oxygen atoms in total. The first-order chi connectivity index (χ1) is 11.5. The molecule has 1 saturated heterocycles. The normalized spacial score (nSPS) is 17.8. The van der Waals surface area contributed by atoms with Crippen molar-refractivity contribution in [2.75, 3.05) is 13.1 Å². The van der Waals surface area contributed by atoms with Crippen LogP contribution in [0.4, 0.5) is 4.79 Å². The Morgan fingerprint density at radius 2 is 2.21 bits per heavy atom. The molecule has 24 heavy (non-hydrogen) atoms. The Morgan fingerprint density at radius 1 is 1.46 bits per heavy atom. The number of nitrogens with zero attached hydrogens (tertiary/aromatic N) is 2. The number of aryl methyl sites for hydroxylation is 1. The summed E-state index contributed by atoms with van der Waals surface area (Å²) in [6.07, 6.45) is 1.19. The van der Waals surface area contributed by atoms with E-state index in [1.54, 1.807) is 16.2 Å². The third-order valence-electron chi connectivity index (χ3n) is 4.03. The first-order valence-electron chi connectivity index (χ1n) is 7.96. The first kappa shape index (κ1) is 17.2. The molecular weight excluding hydrogens is 346 g/mol. The molecule has 2 aromatic rings. The highest BCUT2D eigenvalue weighted by Gasteiger charge is 2.22. The van der Waals surface area contributed by atoms with Crippen LogP contribution in [0.2, 0.25) is 5.02 Å². The summed E-state index contributed by atoms with van der Waals surface area (Å²) in [6.45, 7) is 3.51. The number of hydrogen-bond donors (Lipinski definition) is 2. The average molecular weight is 366 g/mol. The molecule has 128 valence electrons. The lowest BCUT2D eigenvalue weighted by molar-refractivity contribution is 0.0842. The van der Waals surface area contributed by atoms with Crippen LogP contribution in [0.3, 0.4) is 0 Å². The topological polar surface area (TPSA) is 65.5 Å². The summed E-state index contributed by atoms with van der Waals surface area (Å²) < 4.78 is 0. The minimum Gasteiger partial charge on any atom is -0.391 e. The number of rotatable bonds is 3. The predicted molar refractivity (Wildman–Crippen MR) is 96.3 cm³/mol. The molecule has 0 unspecified atom stereocenters. The Morgan fingerprint density at radius 3 is 2.92 bits per heavy atom. The van der Waals surface area contributed by atoms with E-state index in [4.69, 9.17) is 11.6 Å². The van der Waals surface area contributed by atoms with Gasteiger partial charge in [0.1, 0.15) is 5.01 Å². The van der Waals surface area contributed by atoms with E-state index in [1.165, 1.54) is 0 Å². The van der Waals surface area contributed by atoms with Gasteiger partial charge in [0, 0.05) is 28.6 Å². The number of likely N-dealkylation sites (tertiary alicyclic amines) is 1. The van der Waals surface area contributed by atoms with Gasteiger partial charge < -0.3 is 15.3 Å². The minimum atomic E-state index is -0.414. The highest BCUT2D eigenvalue weighted by atomic mass is 35.5. The molecule has 1 aromatic heterocycles. The van der Waals surface area contributed by atoms with Crippen LogP contribution < -0.4 is 5.32 Å². The van der Waals surface area contributed by atoms with E-state index >= 15 is 0 Å². The van der Waals surface area contributed by atoms with Crippen LogP contribution in [0.5, 0.6) is 0 Å². The second kappa shape index (κ2) is 7.51. The van der Waals surface area contributed by atoms with Crippen LogP contribution in [0.1, 0.15) is 22.7 Å². The van der Waals surface area contributed by atoms with Gasteiger partial charge in [-0.1, -0.05) is 23.7 Å². The van der Waals surface area contributed by atoms with Crippen molar-refractivity contribution in [3.05, 3.63) is 39.2 Å². The van der Waals surface area contributed by atoms with Crippen molar-refractivity contribution in [1.82, 2.24) is 15.2 Å². The van der Waals surface area contributed by atoms with E-state index in [9.17, 15) is 9.90 Å². The van der Waals surface area contributed by atoms with Gasteiger partial charge in [0.15, 0.2) is 0 Å². The van der Waals surface area contributed by atoms with E-state index in [0.29, 0.717) is 24.7 Å². The fourth-order valence-electron chi connectivity index (χ4n) is 2.80. The van der Waals surface area contributed by atoms with Crippen molar-refractivity contribution < 1.29 is 9.90 Å². The van der Waals surface area contributed by atoms with Crippen molar-refractivity contribution in [3.8, 4) is 11.3 Å². The zero-order valence-electron chi connectivity index (χ0n) is 13.5. The van der Waals surface area contributed by atoms with E-state index in [1.807, 2.05) is 31.2 Å². The van der Waals surface area contributed by atoms with E-state index < -0.39 is 6.10 Å². The fraction of sp³-hybridized carbons (Fsp3) is 0.412. The van der Waals surface area contributed by atoms with Crippen molar-refractivity contribution in [2.45, 2.75) is 32.4 Å². The number of benzene rings is 1. The molecule has 1 aliphatic heterocycles. The fourth-order valence-corrected chi connectivity index (χ4v) is 3.83. The third kappa shape index (κ3) is 4.06. The zero-order chi connectivity index (χ0) is 17.1. The van der Waals surface area contributed by atoms with Gasteiger partial charge >= 0.3 is 6.03 Å². The van der Waals surface area contributed by atoms with Gasteiger partial charge in [-0.05, 0) is 31.9 Å². The number of carbonyl (C=O) groups excluding carboxylic acids is 1. The van der Waals surface area contributed by atoms with E-state index in [-0.39, 0.29) is 6.03 Å². The summed E-state index contributed by atoms with van der Waals surface area (Å²) in [5, 5.41) is 14.1. The molecule has 1 fully saturated rings. The number of halogens is 1. The standard InChI is InChI=1S/C17H20ClN3O2S/c1-11-16(12-4-6-13(18)7-5-12)20-15(24-11)9-19-17(23)21-8-2-3-14(22)10-21/h4-7,14,22H,2-3,8-10H2,1H3,(H,19,23)/t14-/m0/s1. The van der Waals surface area contributed by atoms with Crippen molar-refractivity contribution in [1.29, 1.82) is 0 Å². The number of piperidine rings is 1. The largest absolute Gasteiger partial charge is 0.391 e. The molecule has 2 N–H and O–H groups in total. The van der Waals surface area contributed by atoms with Gasteiger partial charge in [-0.15, -0.1) is 11.3 Å². The number of β-amino-alcohol motifs (C(OH)–C–C–N with tert-alkyl or cyclic N) is 1. The van der Waals surface area contributed by atoms with Crippen LogP contribution in [0, 0.1) is 6.92 Å². The SMILES string of the molecule is Cc1sc(CNC(=O)N2CCC[C@H](O)C2)nc1-c1ccc(Cl)cc1. The summed E-state index contributed by atoms with van der Waals surface area (Å²) in [4.78, 5) is 19.6. The Labute approximate surface area is 150 Å². The Hall–Kier alpha value is -1.63. The Kier molecular flexibility index (Phi) is 5.38. The summed E-state index contributed by atoms with van der Waals surface area (Å²) in [5.74, 6) is 0. The van der Waals surface area contributed by atoms with E-state index in [0.717, 1.165) is 34.0 Å². The van der Waals surface area contributed by atoms with Gasteiger partial charge in [0.2, 0.25) is 0 Å². The predicted octanol–water partition coefficient (Wildman–Crippen LogP) is 3.44. The lowest BCUT2D eigenvalue weighted by Gasteiger charge is -2.29. The monoisotopic (exact) mass is 365 g/mol. The number of nitrogens with one attached hydrogen (secondary N) is 1. The number of urea groups is 1. The molecule has 2 amide bonds. The smallest absolute Gasteiger partial charge is 0.317 e. The van der Waals surface area contributed by atoms with Gasteiger partial charge in [-0.3, -0.25) is 0 Å². The van der Waals surface area contributed by atoms with Crippen molar-refractivity contribution in [3.63, 3.8) is 0 Å². The molecule has 2 heterocycles. The molecule has 0 aliphatic carbocycles. The maximum atomic E-state index is 12.2. The number of aliphatic hydroxyl groups is 1. The molecule has 0 saturated carbocycles. The van der Waals surface area contributed by atoms with Crippen LogP contribution in [-0.2, 0) is 6.54 Å². The van der Waals surface area contributed by atoms with E-state index in [2.05, 4.69) is 10.3 Å². The third-order valence-corrected chi connectivity index (χ3v) is 5.26. The quantitative estimate of drug-likeness (QED) is 0.875. The summed E-state index contributed by atoms with van der Waals surface area (Å²) in [7, 11) is 0. The van der Waals surface area contributed by atoms with Gasteiger partial charge in [-0.25, -0.2) is 9.78 Å². The number of aromatic nitrogens is 1. The number of carbonyl (C=O) groups is 1. The summed E-state index contributed by atoms with van der Waals surface area (Å²) >= 11 is 7.50. The van der Waals surface area contributed by atoms with Crippen LogP contribution in [-0.4, -0.2) is 40.2 Å². The maximum absolute atomic E-state index is 12.2. The first-order valence-corrected chi connectivity index (χ1v) is 9.15. The molecule has 1 atom stereocenters. The lowest BCUT2D eigenvalue weighted by atomic mass is 10.1.